The highest BCUT2D eigenvalue weighted by molar-refractivity contribution is 6.05. The molecule has 0 saturated heterocycles. The van der Waals surface area contributed by atoms with Crippen LogP contribution in [0.15, 0.2) is 24.3 Å². The van der Waals surface area contributed by atoms with Crippen LogP contribution in [0.4, 0.5) is 0 Å². The van der Waals surface area contributed by atoms with Crippen LogP contribution in [0.3, 0.4) is 0 Å². The molecule has 3 rings (SSSR count). The van der Waals surface area contributed by atoms with Gasteiger partial charge in [0.1, 0.15) is 0 Å². The number of nitrogens with two attached hydrogens (primary N) is 1. The number of hydrogen-bond acceptors (Lipinski definition) is 4. The molecule has 1 amide bonds. The van der Waals surface area contributed by atoms with Gasteiger partial charge in [-0.05, 0) is 49.1 Å². The molecular formula is C21H26N2O3. The Kier molecular flexibility index (Phi) is 4.74. The maximum atomic E-state index is 12.9. The molecule has 5 heteroatoms. The lowest BCUT2D eigenvalue weighted by atomic mass is 9.70. The summed E-state index contributed by atoms with van der Waals surface area (Å²) in [6.07, 6.45) is 1.71. The second-order valence-electron chi connectivity index (χ2n) is 8.18. The standard InChI is InChI=1S/C21H26N2O3/c1-12(19(22)24)26-20(25)18-14-7-5-6-8-16(14)23-17-10-9-13(11-15(17)18)21(2,3)4/h5-8,12-13H,9-11H2,1-4H3,(H2,22,24)/t12-,13-/m1/s1. The molecule has 0 radical (unpaired) electrons. The molecule has 1 aromatic carbocycles. The summed E-state index contributed by atoms with van der Waals surface area (Å²) in [6.45, 7) is 8.17. The van der Waals surface area contributed by atoms with Crippen molar-refractivity contribution in [1.82, 2.24) is 4.98 Å². The SMILES string of the molecule is C[C@@H](OC(=O)c1c2c(nc3ccccc13)CC[C@@H](C(C)(C)C)C2)C(N)=O. The monoisotopic (exact) mass is 354 g/mol. The molecular weight excluding hydrogens is 328 g/mol. The molecule has 5 nitrogen and oxygen atoms in total. The molecule has 2 N–H and O–H groups in total. The van der Waals surface area contributed by atoms with E-state index in [4.69, 9.17) is 15.5 Å². The molecule has 0 saturated carbocycles. The number of carbonyl (C=O) groups is 2. The average molecular weight is 354 g/mol. The molecule has 0 unspecified atom stereocenters. The van der Waals surface area contributed by atoms with Crippen molar-refractivity contribution >= 4 is 22.8 Å². The van der Waals surface area contributed by atoms with E-state index in [9.17, 15) is 9.59 Å². The fourth-order valence-corrected chi connectivity index (χ4v) is 3.64. The smallest absolute Gasteiger partial charge is 0.339 e. The van der Waals surface area contributed by atoms with Gasteiger partial charge in [-0.1, -0.05) is 39.0 Å². The van der Waals surface area contributed by atoms with Crippen LogP contribution in [0.5, 0.6) is 0 Å². The number of aromatic nitrogens is 1. The summed E-state index contributed by atoms with van der Waals surface area (Å²) in [5.41, 5.74) is 8.64. The number of hydrogen-bond donors (Lipinski definition) is 1. The van der Waals surface area contributed by atoms with Crippen molar-refractivity contribution in [3.63, 3.8) is 0 Å². The minimum Gasteiger partial charge on any atom is -0.449 e. The van der Waals surface area contributed by atoms with Crippen LogP contribution >= 0.6 is 0 Å². The highest BCUT2D eigenvalue weighted by atomic mass is 16.5. The highest BCUT2D eigenvalue weighted by Gasteiger charge is 2.33. The summed E-state index contributed by atoms with van der Waals surface area (Å²) in [6, 6.07) is 7.58. The molecule has 0 fully saturated rings. The summed E-state index contributed by atoms with van der Waals surface area (Å²) in [5.74, 6) is -0.697. The van der Waals surface area contributed by atoms with Crippen LogP contribution in [0, 0.1) is 11.3 Å². The largest absolute Gasteiger partial charge is 0.449 e. The first-order chi connectivity index (χ1) is 12.2. The van der Waals surface area contributed by atoms with E-state index < -0.39 is 18.0 Å². The first-order valence-electron chi connectivity index (χ1n) is 9.09. The van der Waals surface area contributed by atoms with E-state index in [0.717, 1.165) is 41.4 Å². The van der Waals surface area contributed by atoms with E-state index in [1.54, 1.807) is 0 Å². The lowest BCUT2D eigenvalue weighted by Crippen LogP contribution is -2.32. The molecule has 26 heavy (non-hydrogen) atoms. The van der Waals surface area contributed by atoms with Crippen LogP contribution in [0.25, 0.3) is 10.9 Å². The van der Waals surface area contributed by atoms with Crippen molar-refractivity contribution in [2.24, 2.45) is 17.1 Å². The Morgan fingerprint density at radius 3 is 2.62 bits per heavy atom. The first kappa shape index (κ1) is 18.4. The zero-order valence-electron chi connectivity index (χ0n) is 15.8. The van der Waals surface area contributed by atoms with E-state index in [2.05, 4.69) is 20.8 Å². The predicted molar refractivity (Wildman–Crippen MR) is 101 cm³/mol. The van der Waals surface area contributed by atoms with Crippen molar-refractivity contribution in [1.29, 1.82) is 0 Å². The van der Waals surface area contributed by atoms with Crippen LogP contribution in [0.2, 0.25) is 0 Å². The van der Waals surface area contributed by atoms with E-state index >= 15 is 0 Å². The number of ether oxygens (including phenoxy) is 1. The zero-order valence-corrected chi connectivity index (χ0v) is 15.8. The molecule has 2 aromatic rings. The van der Waals surface area contributed by atoms with E-state index in [0.29, 0.717) is 11.5 Å². The van der Waals surface area contributed by atoms with Crippen molar-refractivity contribution in [2.45, 2.75) is 53.1 Å². The number of nitrogens with zero attached hydrogens (tertiary/aromatic N) is 1. The van der Waals surface area contributed by atoms with Gasteiger partial charge in [0.2, 0.25) is 0 Å². The van der Waals surface area contributed by atoms with Crippen LogP contribution < -0.4 is 5.73 Å². The van der Waals surface area contributed by atoms with Gasteiger partial charge in [0.25, 0.3) is 5.91 Å². The predicted octanol–water partition coefficient (Wildman–Crippen LogP) is 3.42. The molecule has 1 aromatic heterocycles. The third-order valence-corrected chi connectivity index (χ3v) is 5.37. The summed E-state index contributed by atoms with van der Waals surface area (Å²) in [7, 11) is 0. The molecule has 0 spiro atoms. The fourth-order valence-electron chi connectivity index (χ4n) is 3.64. The van der Waals surface area contributed by atoms with Crippen molar-refractivity contribution in [3.8, 4) is 0 Å². The quantitative estimate of drug-likeness (QED) is 0.856. The Hall–Kier alpha value is -2.43. The van der Waals surface area contributed by atoms with Gasteiger partial charge in [0, 0.05) is 11.1 Å². The number of rotatable bonds is 3. The Balaban J connectivity index is 2.13. The summed E-state index contributed by atoms with van der Waals surface area (Å²) < 4.78 is 5.35. The number of pyridine rings is 1. The molecule has 0 aliphatic heterocycles. The average Bonchev–Trinajstić information content (AvgIpc) is 2.57. The summed E-state index contributed by atoms with van der Waals surface area (Å²) in [4.78, 5) is 29.1. The Morgan fingerprint density at radius 1 is 1.27 bits per heavy atom. The van der Waals surface area contributed by atoms with Crippen LogP contribution in [-0.2, 0) is 22.4 Å². The maximum Gasteiger partial charge on any atom is 0.339 e. The number of aryl methyl sites for hydroxylation is 1. The Morgan fingerprint density at radius 2 is 1.96 bits per heavy atom. The number of carbonyl (C=O) groups excluding carboxylic acids is 2. The van der Waals surface area contributed by atoms with E-state index in [1.807, 2.05) is 24.3 Å². The minimum absolute atomic E-state index is 0.144. The van der Waals surface area contributed by atoms with E-state index in [1.165, 1.54) is 6.92 Å². The summed E-state index contributed by atoms with van der Waals surface area (Å²) >= 11 is 0. The molecule has 1 heterocycles. The van der Waals surface area contributed by atoms with Crippen LogP contribution in [-0.4, -0.2) is 23.0 Å². The maximum absolute atomic E-state index is 12.9. The van der Waals surface area contributed by atoms with Crippen molar-refractivity contribution < 1.29 is 14.3 Å². The molecule has 138 valence electrons. The Bertz CT molecular complexity index is 867. The van der Waals surface area contributed by atoms with Crippen molar-refractivity contribution in [3.05, 3.63) is 41.1 Å². The van der Waals surface area contributed by atoms with Gasteiger partial charge >= 0.3 is 5.97 Å². The minimum atomic E-state index is -0.966. The number of primary amides is 1. The van der Waals surface area contributed by atoms with Gasteiger partial charge < -0.3 is 10.5 Å². The van der Waals surface area contributed by atoms with Gasteiger partial charge in [-0.2, -0.15) is 0 Å². The highest BCUT2D eigenvalue weighted by Crippen LogP contribution is 2.39. The topological polar surface area (TPSA) is 82.3 Å². The van der Waals surface area contributed by atoms with E-state index in [-0.39, 0.29) is 5.41 Å². The van der Waals surface area contributed by atoms with Gasteiger partial charge in [-0.25, -0.2) is 4.79 Å². The number of benzene rings is 1. The van der Waals surface area contributed by atoms with Gasteiger partial charge in [0.05, 0.1) is 11.1 Å². The second kappa shape index (κ2) is 6.71. The van der Waals surface area contributed by atoms with Gasteiger partial charge in [0.15, 0.2) is 6.10 Å². The number of esters is 1. The second-order valence-corrected chi connectivity index (χ2v) is 8.18. The fraction of sp³-hybridized carbons (Fsp3) is 0.476. The lowest BCUT2D eigenvalue weighted by Gasteiger charge is -2.35. The van der Waals surface area contributed by atoms with Crippen molar-refractivity contribution in [2.75, 3.05) is 0 Å². The number of para-hydroxylation sites is 1. The molecule has 1 aliphatic carbocycles. The molecule has 1 aliphatic rings. The zero-order chi connectivity index (χ0) is 19.1. The number of fused-ring (bicyclic) bond motifs is 2. The van der Waals surface area contributed by atoms with Crippen LogP contribution in [0.1, 0.15) is 55.7 Å². The first-order valence-corrected chi connectivity index (χ1v) is 9.09. The Labute approximate surface area is 153 Å². The third-order valence-electron chi connectivity index (χ3n) is 5.37. The third kappa shape index (κ3) is 3.43. The van der Waals surface area contributed by atoms with Gasteiger partial charge in [-0.3, -0.25) is 9.78 Å². The summed E-state index contributed by atoms with van der Waals surface area (Å²) in [5, 5.41) is 0.766. The molecule has 2 atom stereocenters. The number of amides is 1. The lowest BCUT2D eigenvalue weighted by molar-refractivity contribution is -0.125. The van der Waals surface area contributed by atoms with Gasteiger partial charge in [-0.15, -0.1) is 0 Å². The normalized spacial score (nSPS) is 18.2. The molecule has 0 bridgehead atoms.